The lowest BCUT2D eigenvalue weighted by Gasteiger charge is -2.35. The second kappa shape index (κ2) is 5.93. The van der Waals surface area contributed by atoms with Crippen LogP contribution in [-0.2, 0) is 4.74 Å². The summed E-state index contributed by atoms with van der Waals surface area (Å²) in [6.45, 7) is 5.56. The Labute approximate surface area is 118 Å². The summed E-state index contributed by atoms with van der Waals surface area (Å²) >= 11 is 0. The number of hydrogen-bond donors (Lipinski definition) is 2. The molecule has 0 unspecified atom stereocenters. The summed E-state index contributed by atoms with van der Waals surface area (Å²) in [7, 11) is 1.85. The summed E-state index contributed by atoms with van der Waals surface area (Å²) in [4.78, 5) is 20.7. The highest BCUT2D eigenvalue weighted by Crippen LogP contribution is 2.23. The molecule has 0 radical (unpaired) electrons. The lowest BCUT2D eigenvalue weighted by molar-refractivity contribution is -0.0573. The second-order valence-corrected chi connectivity index (χ2v) is 5.84. The molecule has 0 bridgehead atoms. The molecule has 112 valence electrons. The van der Waals surface area contributed by atoms with Crippen molar-refractivity contribution in [3.8, 4) is 0 Å². The van der Waals surface area contributed by atoms with Gasteiger partial charge in [-0.3, -0.25) is 4.79 Å². The Kier molecular flexibility index (Phi) is 4.45. The predicted octanol–water partition coefficient (Wildman–Crippen LogP) is 0.871. The summed E-state index contributed by atoms with van der Waals surface area (Å²) in [5, 5.41) is 10.5. The number of rotatable bonds is 4. The normalized spacial score (nSPS) is 18.2. The summed E-state index contributed by atoms with van der Waals surface area (Å²) in [6, 6.07) is 1.47. The maximum absolute atomic E-state index is 11.7. The van der Waals surface area contributed by atoms with Crippen LogP contribution in [-0.4, -0.2) is 47.5 Å². The quantitative estimate of drug-likeness (QED) is 0.856. The highest BCUT2D eigenvalue weighted by molar-refractivity contribution is 5.37. The Balaban J connectivity index is 2.16. The van der Waals surface area contributed by atoms with Crippen molar-refractivity contribution in [1.82, 2.24) is 9.97 Å². The predicted molar refractivity (Wildman–Crippen MR) is 77.2 cm³/mol. The summed E-state index contributed by atoms with van der Waals surface area (Å²) in [5.74, 6) is 1.41. The van der Waals surface area contributed by atoms with E-state index in [1.165, 1.54) is 6.07 Å². The van der Waals surface area contributed by atoms with E-state index < -0.39 is 5.60 Å². The van der Waals surface area contributed by atoms with Crippen molar-refractivity contribution >= 4 is 5.82 Å². The number of H-pyrrole nitrogens is 1. The number of aliphatic hydroxyl groups is 1. The van der Waals surface area contributed by atoms with Crippen LogP contribution in [0.5, 0.6) is 0 Å². The van der Waals surface area contributed by atoms with Gasteiger partial charge < -0.3 is 19.7 Å². The van der Waals surface area contributed by atoms with E-state index in [0.29, 0.717) is 44.2 Å². The Bertz CT molecular complexity index is 507. The fraction of sp³-hybridized carbons (Fsp3) is 0.714. The molecule has 0 amide bonds. The third-order valence-electron chi connectivity index (χ3n) is 3.64. The number of nitrogens with one attached hydrogen (secondary N) is 1. The smallest absolute Gasteiger partial charge is 0.252 e. The van der Waals surface area contributed by atoms with E-state index in [4.69, 9.17) is 4.74 Å². The number of likely N-dealkylation sites (N-methyl/N-ethyl adjacent to an activating group) is 1. The van der Waals surface area contributed by atoms with E-state index in [0.717, 1.165) is 0 Å². The maximum Gasteiger partial charge on any atom is 0.252 e. The molecule has 0 aliphatic carbocycles. The van der Waals surface area contributed by atoms with E-state index >= 15 is 0 Å². The standard InChI is InChI=1S/C14H23N3O3/c1-10(2)13-15-11(8-12(18)16-13)17(3)9-14(19)4-6-20-7-5-14/h8,10,19H,4-7,9H2,1-3H3,(H,15,16,18). The van der Waals surface area contributed by atoms with Crippen molar-refractivity contribution in [2.75, 3.05) is 31.7 Å². The Morgan fingerprint density at radius 3 is 2.75 bits per heavy atom. The van der Waals surface area contributed by atoms with Crippen LogP contribution in [0, 0.1) is 0 Å². The van der Waals surface area contributed by atoms with E-state index in [-0.39, 0.29) is 11.5 Å². The number of ether oxygens (including phenoxy) is 1. The van der Waals surface area contributed by atoms with Crippen molar-refractivity contribution in [3.63, 3.8) is 0 Å². The number of anilines is 1. The molecule has 6 nitrogen and oxygen atoms in total. The van der Waals surface area contributed by atoms with Gasteiger partial charge in [0, 0.05) is 51.6 Å². The topological polar surface area (TPSA) is 78.5 Å². The zero-order valence-corrected chi connectivity index (χ0v) is 12.3. The minimum Gasteiger partial charge on any atom is -0.388 e. The molecule has 1 fully saturated rings. The van der Waals surface area contributed by atoms with Crippen LogP contribution in [0.2, 0.25) is 0 Å². The SMILES string of the molecule is CC(C)c1nc(N(C)CC2(O)CCOCC2)cc(=O)[nH]1. The molecular formula is C14H23N3O3. The van der Waals surface area contributed by atoms with Crippen LogP contribution in [0.15, 0.2) is 10.9 Å². The molecule has 1 saturated heterocycles. The maximum atomic E-state index is 11.7. The van der Waals surface area contributed by atoms with E-state index in [9.17, 15) is 9.90 Å². The minimum atomic E-state index is -0.769. The van der Waals surface area contributed by atoms with E-state index in [1.54, 1.807) is 0 Å². The fourth-order valence-corrected chi connectivity index (χ4v) is 2.36. The molecule has 2 rings (SSSR count). The molecule has 6 heteroatoms. The Morgan fingerprint density at radius 2 is 2.15 bits per heavy atom. The molecule has 0 atom stereocenters. The molecule has 1 aromatic rings. The van der Waals surface area contributed by atoms with Gasteiger partial charge in [-0.25, -0.2) is 4.98 Å². The minimum absolute atomic E-state index is 0.155. The van der Waals surface area contributed by atoms with Gasteiger partial charge in [0.2, 0.25) is 0 Å². The highest BCUT2D eigenvalue weighted by Gasteiger charge is 2.31. The first-order chi connectivity index (χ1) is 9.39. The van der Waals surface area contributed by atoms with Gasteiger partial charge in [0.25, 0.3) is 5.56 Å². The van der Waals surface area contributed by atoms with Gasteiger partial charge in [-0.1, -0.05) is 13.8 Å². The third kappa shape index (κ3) is 3.58. The van der Waals surface area contributed by atoms with Crippen LogP contribution in [0.3, 0.4) is 0 Å². The molecule has 2 heterocycles. The number of nitrogens with zero attached hydrogens (tertiary/aromatic N) is 2. The first-order valence-electron chi connectivity index (χ1n) is 7.02. The molecule has 2 N–H and O–H groups in total. The summed E-state index contributed by atoms with van der Waals surface area (Å²) < 4.78 is 5.27. The first kappa shape index (κ1) is 15.0. The van der Waals surface area contributed by atoms with Crippen molar-refractivity contribution in [2.24, 2.45) is 0 Å². The molecule has 1 aromatic heterocycles. The fourth-order valence-electron chi connectivity index (χ4n) is 2.36. The number of aromatic amines is 1. The average Bonchev–Trinajstić information content (AvgIpc) is 2.38. The van der Waals surface area contributed by atoms with Gasteiger partial charge >= 0.3 is 0 Å². The Morgan fingerprint density at radius 1 is 1.50 bits per heavy atom. The van der Waals surface area contributed by atoms with Crippen molar-refractivity contribution < 1.29 is 9.84 Å². The molecule has 0 aromatic carbocycles. The van der Waals surface area contributed by atoms with E-state index in [2.05, 4.69) is 9.97 Å². The molecule has 20 heavy (non-hydrogen) atoms. The van der Waals surface area contributed by atoms with Crippen molar-refractivity contribution in [2.45, 2.75) is 38.2 Å². The van der Waals surface area contributed by atoms with Gasteiger partial charge in [0.1, 0.15) is 11.6 Å². The molecule has 1 aliphatic rings. The van der Waals surface area contributed by atoms with Gasteiger partial charge in [0.15, 0.2) is 0 Å². The highest BCUT2D eigenvalue weighted by atomic mass is 16.5. The van der Waals surface area contributed by atoms with Crippen molar-refractivity contribution in [1.29, 1.82) is 0 Å². The van der Waals surface area contributed by atoms with Crippen LogP contribution in [0.1, 0.15) is 38.4 Å². The van der Waals surface area contributed by atoms with Gasteiger partial charge in [0.05, 0.1) is 5.60 Å². The largest absolute Gasteiger partial charge is 0.388 e. The van der Waals surface area contributed by atoms with Gasteiger partial charge in [-0.05, 0) is 0 Å². The zero-order chi connectivity index (χ0) is 14.8. The molecule has 0 spiro atoms. The van der Waals surface area contributed by atoms with Crippen molar-refractivity contribution in [3.05, 3.63) is 22.2 Å². The molecule has 1 aliphatic heterocycles. The summed E-state index contributed by atoms with van der Waals surface area (Å²) in [6.07, 6.45) is 1.22. The second-order valence-electron chi connectivity index (χ2n) is 5.84. The van der Waals surface area contributed by atoms with Gasteiger partial charge in [-0.15, -0.1) is 0 Å². The monoisotopic (exact) mass is 281 g/mol. The third-order valence-corrected chi connectivity index (χ3v) is 3.64. The zero-order valence-electron chi connectivity index (χ0n) is 12.3. The van der Waals surface area contributed by atoms with Crippen LogP contribution in [0.25, 0.3) is 0 Å². The lowest BCUT2D eigenvalue weighted by atomic mass is 9.94. The van der Waals surface area contributed by atoms with E-state index in [1.807, 2.05) is 25.8 Å². The lowest BCUT2D eigenvalue weighted by Crippen LogP contribution is -2.46. The average molecular weight is 281 g/mol. The number of hydrogen-bond acceptors (Lipinski definition) is 5. The van der Waals surface area contributed by atoms with Crippen LogP contribution in [0.4, 0.5) is 5.82 Å². The molecular weight excluding hydrogens is 258 g/mol. The van der Waals surface area contributed by atoms with Gasteiger partial charge in [-0.2, -0.15) is 0 Å². The molecule has 0 saturated carbocycles. The van der Waals surface area contributed by atoms with Crippen LogP contribution >= 0.6 is 0 Å². The number of aromatic nitrogens is 2. The van der Waals surface area contributed by atoms with Crippen LogP contribution < -0.4 is 10.5 Å². The first-order valence-corrected chi connectivity index (χ1v) is 7.02. The Hall–Kier alpha value is -1.40. The summed E-state index contributed by atoms with van der Waals surface area (Å²) in [5.41, 5.74) is -0.931.